The lowest BCUT2D eigenvalue weighted by atomic mass is 10.5. The fraction of sp³-hybridized carbons (Fsp3) is 0.571. The highest BCUT2D eigenvalue weighted by atomic mass is 19.4. The van der Waals surface area contributed by atoms with Gasteiger partial charge in [0, 0.05) is 14.1 Å². The Balaban J connectivity index is 3.11. The fourth-order valence-corrected chi connectivity index (χ4v) is 1.06. The summed E-state index contributed by atoms with van der Waals surface area (Å²) in [5.74, 6) is -0.342. The van der Waals surface area contributed by atoms with Crippen LogP contribution in [0, 0.1) is 0 Å². The van der Waals surface area contributed by atoms with Crippen molar-refractivity contribution in [3.05, 3.63) is 5.82 Å². The van der Waals surface area contributed by atoms with Gasteiger partial charge in [-0.1, -0.05) is 0 Å². The van der Waals surface area contributed by atoms with Gasteiger partial charge in [-0.15, -0.1) is 10.2 Å². The predicted octanol–water partition coefficient (Wildman–Crippen LogP) is 0.719. The summed E-state index contributed by atoms with van der Waals surface area (Å²) in [6.45, 7) is -1.28. The van der Waals surface area contributed by atoms with Gasteiger partial charge in [0.15, 0.2) is 12.1 Å². The number of hydrogen-bond donors (Lipinski definition) is 0. The smallest absolute Gasteiger partial charge is 0.347 e. The fourth-order valence-electron chi connectivity index (χ4n) is 1.06. The molecule has 0 aliphatic carbocycles. The van der Waals surface area contributed by atoms with Crippen LogP contribution in [0.15, 0.2) is 0 Å². The monoisotopic (exact) mass is 222 g/mol. The highest BCUT2D eigenvalue weighted by molar-refractivity contribution is 5.70. The first kappa shape index (κ1) is 11.5. The van der Waals surface area contributed by atoms with E-state index in [9.17, 15) is 18.0 Å². The van der Waals surface area contributed by atoms with Crippen LogP contribution in [-0.2, 0) is 6.54 Å². The van der Waals surface area contributed by atoms with Gasteiger partial charge in [-0.3, -0.25) is 9.36 Å². The molecule has 84 valence electrons. The van der Waals surface area contributed by atoms with Crippen molar-refractivity contribution in [2.45, 2.75) is 12.7 Å². The summed E-state index contributed by atoms with van der Waals surface area (Å²) in [7, 11) is 3.04. The zero-order chi connectivity index (χ0) is 11.6. The summed E-state index contributed by atoms with van der Waals surface area (Å²) in [5, 5.41) is 6.82. The van der Waals surface area contributed by atoms with Gasteiger partial charge < -0.3 is 4.90 Å². The first-order chi connectivity index (χ1) is 6.85. The third-order valence-corrected chi connectivity index (χ3v) is 1.60. The van der Waals surface area contributed by atoms with E-state index in [-0.39, 0.29) is 18.1 Å². The van der Waals surface area contributed by atoms with E-state index in [0.29, 0.717) is 4.57 Å². The summed E-state index contributed by atoms with van der Waals surface area (Å²) < 4.78 is 37.2. The lowest BCUT2D eigenvalue weighted by Crippen LogP contribution is -2.24. The number of alkyl halides is 3. The summed E-state index contributed by atoms with van der Waals surface area (Å²) in [5.41, 5.74) is 0. The second-order valence-electron chi connectivity index (χ2n) is 3.07. The zero-order valence-corrected chi connectivity index (χ0v) is 8.12. The van der Waals surface area contributed by atoms with Crippen molar-refractivity contribution in [1.82, 2.24) is 14.8 Å². The average molecular weight is 222 g/mol. The number of aldehydes is 1. The van der Waals surface area contributed by atoms with Crippen molar-refractivity contribution < 1.29 is 18.0 Å². The molecule has 1 aromatic rings. The van der Waals surface area contributed by atoms with Crippen molar-refractivity contribution in [3.63, 3.8) is 0 Å². The van der Waals surface area contributed by atoms with Crippen molar-refractivity contribution in [3.8, 4) is 0 Å². The Bertz CT molecular complexity index is 358. The van der Waals surface area contributed by atoms with Crippen LogP contribution in [0.2, 0.25) is 0 Å². The molecule has 5 nitrogen and oxygen atoms in total. The molecule has 0 fully saturated rings. The lowest BCUT2D eigenvalue weighted by molar-refractivity contribution is -0.140. The van der Waals surface area contributed by atoms with Gasteiger partial charge in [0.1, 0.15) is 6.54 Å². The molecule has 0 aliphatic heterocycles. The highest BCUT2D eigenvalue weighted by Gasteiger charge is 2.31. The van der Waals surface area contributed by atoms with Gasteiger partial charge in [0.05, 0.1) is 0 Å². The van der Waals surface area contributed by atoms with Crippen LogP contribution in [0.3, 0.4) is 0 Å². The Morgan fingerprint density at radius 1 is 1.40 bits per heavy atom. The van der Waals surface area contributed by atoms with Gasteiger partial charge in [-0.25, -0.2) is 0 Å². The molecule has 0 aliphatic rings. The molecular formula is C7H9F3N4O. The topological polar surface area (TPSA) is 51.0 Å². The third-order valence-electron chi connectivity index (χ3n) is 1.60. The molecule has 0 saturated carbocycles. The molecule has 1 heterocycles. The number of aromatic nitrogens is 3. The van der Waals surface area contributed by atoms with Crippen LogP contribution in [0.4, 0.5) is 19.1 Å². The average Bonchev–Trinajstić information content (AvgIpc) is 2.44. The molecule has 0 atom stereocenters. The number of carbonyl (C=O) groups is 1. The molecule has 0 spiro atoms. The second-order valence-corrected chi connectivity index (χ2v) is 3.07. The summed E-state index contributed by atoms with van der Waals surface area (Å²) in [6, 6.07) is 0. The molecule has 8 heteroatoms. The van der Waals surface area contributed by atoms with Crippen molar-refractivity contribution in [2.75, 3.05) is 19.0 Å². The van der Waals surface area contributed by atoms with Crippen LogP contribution < -0.4 is 4.90 Å². The highest BCUT2D eigenvalue weighted by Crippen LogP contribution is 2.21. The largest absolute Gasteiger partial charge is 0.406 e. The molecule has 15 heavy (non-hydrogen) atoms. The number of hydrogen-bond acceptors (Lipinski definition) is 4. The first-order valence-corrected chi connectivity index (χ1v) is 3.97. The summed E-state index contributed by atoms with van der Waals surface area (Å²) in [6.07, 6.45) is -4.17. The maximum absolute atomic E-state index is 12.2. The minimum Gasteiger partial charge on any atom is -0.347 e. The minimum atomic E-state index is -4.41. The Kier molecular flexibility index (Phi) is 2.96. The molecule has 0 N–H and O–H groups in total. The molecule has 1 rings (SSSR count). The maximum Gasteiger partial charge on any atom is 0.406 e. The van der Waals surface area contributed by atoms with E-state index in [4.69, 9.17) is 0 Å². The normalized spacial score (nSPS) is 11.5. The minimum absolute atomic E-state index is 0.00516. The van der Waals surface area contributed by atoms with Crippen molar-refractivity contribution in [1.29, 1.82) is 0 Å². The van der Waals surface area contributed by atoms with Gasteiger partial charge >= 0.3 is 6.18 Å². The van der Waals surface area contributed by atoms with Crippen molar-refractivity contribution >= 4 is 12.2 Å². The van der Waals surface area contributed by atoms with E-state index >= 15 is 0 Å². The second kappa shape index (κ2) is 3.87. The Labute approximate surface area is 83.5 Å². The van der Waals surface area contributed by atoms with E-state index in [1.807, 2.05) is 0 Å². The van der Waals surface area contributed by atoms with Crippen LogP contribution in [-0.4, -0.2) is 41.3 Å². The molecule has 0 bridgehead atoms. The molecule has 0 saturated heterocycles. The number of anilines is 1. The summed E-state index contributed by atoms with van der Waals surface area (Å²) in [4.78, 5) is 11.8. The van der Waals surface area contributed by atoms with E-state index in [1.165, 1.54) is 19.0 Å². The molecule has 0 unspecified atom stereocenters. The van der Waals surface area contributed by atoms with Gasteiger partial charge in [-0.05, 0) is 0 Å². The van der Waals surface area contributed by atoms with Crippen LogP contribution in [0.5, 0.6) is 0 Å². The van der Waals surface area contributed by atoms with E-state index in [0.717, 1.165) is 0 Å². The molecule has 0 aromatic carbocycles. The zero-order valence-electron chi connectivity index (χ0n) is 8.12. The molecule has 0 radical (unpaired) electrons. The van der Waals surface area contributed by atoms with Gasteiger partial charge in [0.2, 0.25) is 5.95 Å². The van der Waals surface area contributed by atoms with Gasteiger partial charge in [-0.2, -0.15) is 13.2 Å². The quantitative estimate of drug-likeness (QED) is 0.707. The number of nitrogens with zero attached hydrogens (tertiary/aromatic N) is 4. The maximum atomic E-state index is 12.2. The van der Waals surface area contributed by atoms with E-state index < -0.39 is 12.7 Å². The van der Waals surface area contributed by atoms with E-state index in [2.05, 4.69) is 10.2 Å². The number of rotatable bonds is 3. The Hall–Kier alpha value is -1.60. The molecule has 1 aromatic heterocycles. The van der Waals surface area contributed by atoms with Crippen LogP contribution in [0.25, 0.3) is 0 Å². The molecule has 0 amide bonds. The van der Waals surface area contributed by atoms with Crippen LogP contribution >= 0.6 is 0 Å². The number of carbonyl (C=O) groups excluding carboxylic acids is 1. The Morgan fingerprint density at radius 3 is 2.40 bits per heavy atom. The third kappa shape index (κ3) is 2.67. The van der Waals surface area contributed by atoms with Crippen molar-refractivity contribution in [2.24, 2.45) is 0 Å². The first-order valence-electron chi connectivity index (χ1n) is 3.97. The van der Waals surface area contributed by atoms with Crippen LogP contribution in [0.1, 0.15) is 10.6 Å². The van der Waals surface area contributed by atoms with E-state index in [1.54, 1.807) is 0 Å². The standard InChI is InChI=1S/C7H9F3N4O/c1-13(2)6-12-11-5(3-15)14(6)4-7(8,9)10/h3H,4H2,1-2H3. The molecular weight excluding hydrogens is 213 g/mol. The summed E-state index contributed by atoms with van der Waals surface area (Å²) >= 11 is 0. The predicted molar refractivity (Wildman–Crippen MR) is 45.8 cm³/mol. The van der Waals surface area contributed by atoms with Gasteiger partial charge in [0.25, 0.3) is 0 Å². The lowest BCUT2D eigenvalue weighted by Gasteiger charge is -2.15. The SMILES string of the molecule is CN(C)c1nnc(C=O)n1CC(F)(F)F. The number of halogens is 3. The Morgan fingerprint density at radius 2 is 2.00 bits per heavy atom.